The molecular formula is C19H24N2O5. The Balaban J connectivity index is 1.74. The summed E-state index contributed by atoms with van der Waals surface area (Å²) in [4.78, 5) is 39.2. The molecule has 2 aliphatic rings. The molecule has 0 saturated carbocycles. The first-order valence-electron chi connectivity index (χ1n) is 8.92. The van der Waals surface area contributed by atoms with Crippen LogP contribution < -0.4 is 0 Å². The number of carbonyl (C=O) groups excluding carboxylic acids is 2. The molecule has 1 fully saturated rings. The Hall–Kier alpha value is -2.41. The van der Waals surface area contributed by atoms with E-state index < -0.39 is 12.1 Å². The van der Waals surface area contributed by atoms with Gasteiger partial charge in [-0.25, -0.2) is 0 Å². The Morgan fingerprint density at radius 2 is 1.96 bits per heavy atom. The number of benzene rings is 1. The molecule has 0 bridgehead atoms. The maximum absolute atomic E-state index is 12.9. The summed E-state index contributed by atoms with van der Waals surface area (Å²) >= 11 is 0. The lowest BCUT2D eigenvalue weighted by atomic mass is 9.90. The van der Waals surface area contributed by atoms with Crippen molar-refractivity contribution in [1.29, 1.82) is 0 Å². The zero-order valence-corrected chi connectivity index (χ0v) is 14.9. The number of rotatable bonds is 4. The fourth-order valence-electron chi connectivity index (χ4n) is 3.81. The fraction of sp³-hybridized carbons (Fsp3) is 0.526. The molecule has 26 heavy (non-hydrogen) atoms. The molecule has 0 unspecified atom stereocenters. The van der Waals surface area contributed by atoms with Crippen molar-refractivity contribution in [3.05, 3.63) is 35.4 Å². The van der Waals surface area contributed by atoms with E-state index in [1.807, 2.05) is 24.3 Å². The lowest BCUT2D eigenvalue weighted by Gasteiger charge is -2.38. The van der Waals surface area contributed by atoms with Crippen LogP contribution in [0.5, 0.6) is 0 Å². The van der Waals surface area contributed by atoms with Crippen LogP contribution in [0, 0.1) is 0 Å². The second-order valence-corrected chi connectivity index (χ2v) is 6.81. The van der Waals surface area contributed by atoms with E-state index >= 15 is 0 Å². The fourth-order valence-corrected chi connectivity index (χ4v) is 3.81. The molecule has 1 N–H and O–H groups in total. The lowest BCUT2D eigenvalue weighted by Crippen LogP contribution is -2.48. The van der Waals surface area contributed by atoms with Crippen molar-refractivity contribution in [3.63, 3.8) is 0 Å². The van der Waals surface area contributed by atoms with E-state index in [2.05, 4.69) is 0 Å². The van der Waals surface area contributed by atoms with Crippen molar-refractivity contribution in [3.8, 4) is 0 Å². The zero-order chi connectivity index (χ0) is 18.7. The number of amides is 2. The normalized spacial score (nSPS) is 22.7. The molecule has 0 spiro atoms. The Kier molecular flexibility index (Phi) is 5.56. The van der Waals surface area contributed by atoms with Crippen molar-refractivity contribution in [2.75, 3.05) is 26.2 Å². The molecule has 2 heterocycles. The first-order valence-corrected chi connectivity index (χ1v) is 8.92. The molecule has 2 atom stereocenters. The number of carboxylic acid groups (broad SMARTS) is 1. The molecule has 140 valence electrons. The average Bonchev–Trinajstić information content (AvgIpc) is 2.61. The van der Waals surface area contributed by atoms with Gasteiger partial charge in [0.05, 0.1) is 31.6 Å². The molecule has 1 saturated heterocycles. The number of aliphatic carboxylic acids is 1. The minimum atomic E-state index is -0.937. The summed E-state index contributed by atoms with van der Waals surface area (Å²) in [6.07, 6.45) is 0.401. The van der Waals surface area contributed by atoms with Gasteiger partial charge in [0.25, 0.3) is 0 Å². The Bertz CT molecular complexity index is 705. The van der Waals surface area contributed by atoms with Crippen LogP contribution >= 0.6 is 0 Å². The van der Waals surface area contributed by atoms with Crippen LogP contribution in [0.25, 0.3) is 0 Å². The van der Waals surface area contributed by atoms with Crippen LogP contribution in [0.3, 0.4) is 0 Å². The smallest absolute Gasteiger partial charge is 0.306 e. The molecule has 0 aliphatic carbocycles. The Labute approximate surface area is 152 Å². The molecule has 7 nitrogen and oxygen atoms in total. The highest BCUT2D eigenvalue weighted by Gasteiger charge is 2.33. The quantitative estimate of drug-likeness (QED) is 0.872. The number of morpholine rings is 1. The van der Waals surface area contributed by atoms with E-state index in [0.29, 0.717) is 19.7 Å². The monoisotopic (exact) mass is 360 g/mol. The third-order valence-corrected chi connectivity index (χ3v) is 5.08. The summed E-state index contributed by atoms with van der Waals surface area (Å²) in [6, 6.07) is 7.65. The van der Waals surface area contributed by atoms with Crippen LogP contribution in [-0.2, 0) is 25.5 Å². The van der Waals surface area contributed by atoms with E-state index in [-0.39, 0.29) is 37.2 Å². The molecule has 1 aromatic rings. The average molecular weight is 360 g/mol. The van der Waals surface area contributed by atoms with E-state index in [1.165, 1.54) is 12.5 Å². The molecular weight excluding hydrogens is 336 g/mol. The van der Waals surface area contributed by atoms with E-state index in [9.17, 15) is 14.4 Å². The van der Waals surface area contributed by atoms with Gasteiger partial charge < -0.3 is 19.6 Å². The van der Waals surface area contributed by atoms with Crippen LogP contribution in [0.15, 0.2) is 24.3 Å². The van der Waals surface area contributed by atoms with Crippen molar-refractivity contribution in [1.82, 2.24) is 9.80 Å². The van der Waals surface area contributed by atoms with Gasteiger partial charge in [-0.2, -0.15) is 0 Å². The Morgan fingerprint density at radius 1 is 1.19 bits per heavy atom. The minimum absolute atomic E-state index is 0.0389. The number of fused-ring (bicyclic) bond motifs is 1. The first-order chi connectivity index (χ1) is 12.5. The van der Waals surface area contributed by atoms with Crippen LogP contribution in [-0.4, -0.2) is 65.0 Å². The Morgan fingerprint density at radius 3 is 2.69 bits per heavy atom. The molecule has 2 aliphatic heterocycles. The van der Waals surface area contributed by atoms with Gasteiger partial charge in [-0.15, -0.1) is 0 Å². The van der Waals surface area contributed by atoms with Gasteiger partial charge in [0.1, 0.15) is 0 Å². The third kappa shape index (κ3) is 4.04. The molecule has 3 rings (SSSR count). The molecule has 0 radical (unpaired) electrons. The number of carboxylic acids is 1. The van der Waals surface area contributed by atoms with Crippen LogP contribution in [0.2, 0.25) is 0 Å². The van der Waals surface area contributed by atoms with Crippen LogP contribution in [0.1, 0.15) is 36.9 Å². The summed E-state index contributed by atoms with van der Waals surface area (Å²) < 4.78 is 5.44. The van der Waals surface area contributed by atoms with Gasteiger partial charge in [0, 0.05) is 26.6 Å². The van der Waals surface area contributed by atoms with Gasteiger partial charge in [0.2, 0.25) is 11.8 Å². The van der Waals surface area contributed by atoms with Gasteiger partial charge >= 0.3 is 5.97 Å². The predicted octanol–water partition coefficient (Wildman–Crippen LogP) is 1.22. The summed E-state index contributed by atoms with van der Waals surface area (Å²) in [5, 5.41) is 8.93. The molecule has 7 heteroatoms. The van der Waals surface area contributed by atoms with Crippen molar-refractivity contribution in [2.24, 2.45) is 0 Å². The number of ether oxygens (including phenoxy) is 1. The highest BCUT2D eigenvalue weighted by atomic mass is 16.5. The van der Waals surface area contributed by atoms with Crippen LogP contribution in [0.4, 0.5) is 0 Å². The number of hydrogen-bond donors (Lipinski definition) is 1. The summed E-state index contributed by atoms with van der Waals surface area (Å²) in [6.45, 7) is 3.20. The number of carbonyl (C=O) groups is 3. The second kappa shape index (κ2) is 7.86. The SMILES string of the molecule is CC(=O)N1CCc2ccccc2[C@@H]1CC(=O)N1CCO[C@@H](CC(=O)O)C1. The largest absolute Gasteiger partial charge is 0.481 e. The number of hydrogen-bond acceptors (Lipinski definition) is 4. The summed E-state index contributed by atoms with van der Waals surface area (Å²) in [5.74, 6) is -1.05. The topological polar surface area (TPSA) is 87.2 Å². The molecule has 1 aromatic carbocycles. The minimum Gasteiger partial charge on any atom is -0.481 e. The van der Waals surface area contributed by atoms with Gasteiger partial charge in [0.15, 0.2) is 0 Å². The highest BCUT2D eigenvalue weighted by Crippen LogP contribution is 2.33. The van der Waals surface area contributed by atoms with E-state index in [0.717, 1.165) is 12.0 Å². The third-order valence-electron chi connectivity index (χ3n) is 5.08. The molecule has 0 aromatic heterocycles. The zero-order valence-electron chi connectivity index (χ0n) is 14.9. The maximum atomic E-state index is 12.9. The van der Waals surface area contributed by atoms with E-state index in [4.69, 9.17) is 9.84 Å². The second-order valence-electron chi connectivity index (χ2n) is 6.81. The highest BCUT2D eigenvalue weighted by molar-refractivity contribution is 5.80. The molecule has 2 amide bonds. The first kappa shape index (κ1) is 18.4. The maximum Gasteiger partial charge on any atom is 0.306 e. The summed E-state index contributed by atoms with van der Waals surface area (Å²) in [7, 11) is 0. The van der Waals surface area contributed by atoms with Gasteiger partial charge in [-0.1, -0.05) is 24.3 Å². The standard InChI is InChI=1S/C19H24N2O5/c1-13(22)21-7-6-14-4-2-3-5-16(14)17(21)11-18(23)20-8-9-26-15(12-20)10-19(24)25/h2-5,15,17H,6-12H2,1H3,(H,24,25)/t15-,17-/m0/s1. The lowest BCUT2D eigenvalue weighted by molar-refractivity contribution is -0.149. The van der Waals surface area contributed by atoms with Crippen molar-refractivity contribution >= 4 is 17.8 Å². The van der Waals surface area contributed by atoms with Crippen molar-refractivity contribution < 1.29 is 24.2 Å². The number of nitrogens with zero attached hydrogens (tertiary/aromatic N) is 2. The van der Waals surface area contributed by atoms with Crippen molar-refractivity contribution in [2.45, 2.75) is 38.3 Å². The predicted molar refractivity (Wildman–Crippen MR) is 93.5 cm³/mol. The summed E-state index contributed by atoms with van der Waals surface area (Å²) in [5.41, 5.74) is 2.20. The van der Waals surface area contributed by atoms with Gasteiger partial charge in [-0.3, -0.25) is 14.4 Å². The van der Waals surface area contributed by atoms with E-state index in [1.54, 1.807) is 9.80 Å². The van der Waals surface area contributed by atoms with Gasteiger partial charge in [-0.05, 0) is 17.5 Å².